The Morgan fingerprint density at radius 2 is 1.95 bits per heavy atom. The summed E-state index contributed by atoms with van der Waals surface area (Å²) in [6.45, 7) is 9.62. The minimum atomic E-state index is 0.263. The summed E-state index contributed by atoms with van der Waals surface area (Å²) in [5.74, 6) is 1.61. The smallest absolute Gasteiger partial charge is 0.138 e. The van der Waals surface area contributed by atoms with Gasteiger partial charge in [0, 0.05) is 19.0 Å². The van der Waals surface area contributed by atoms with Gasteiger partial charge in [0.15, 0.2) is 0 Å². The van der Waals surface area contributed by atoms with Crippen molar-refractivity contribution in [3.63, 3.8) is 0 Å². The van der Waals surface area contributed by atoms with Crippen LogP contribution in [0.25, 0.3) is 0 Å². The highest BCUT2D eigenvalue weighted by Gasteiger charge is 2.15. The van der Waals surface area contributed by atoms with Crippen molar-refractivity contribution >= 4 is 0 Å². The molecule has 0 aliphatic heterocycles. The molecule has 0 radical (unpaired) electrons. The van der Waals surface area contributed by atoms with Gasteiger partial charge in [-0.15, -0.1) is 0 Å². The maximum Gasteiger partial charge on any atom is 0.138 e. The summed E-state index contributed by atoms with van der Waals surface area (Å²) in [4.78, 5) is 4.43. The monoisotopic (exact) mass is 286 g/mol. The lowest BCUT2D eigenvalue weighted by atomic mass is 9.99. The van der Waals surface area contributed by atoms with Crippen molar-refractivity contribution < 1.29 is 0 Å². The van der Waals surface area contributed by atoms with E-state index in [0.29, 0.717) is 5.92 Å². The standard InChI is InChI=1S/C17H26N4/c1-12(2)10-21-17(19-11-20-21)9-16(18-5)15-7-6-13(3)14(4)8-15/h6-8,11-12,16,18H,9-10H2,1-5H3. The van der Waals surface area contributed by atoms with Crippen molar-refractivity contribution in [1.29, 1.82) is 0 Å². The van der Waals surface area contributed by atoms with Crippen LogP contribution in [0.5, 0.6) is 0 Å². The van der Waals surface area contributed by atoms with E-state index in [0.717, 1.165) is 18.8 Å². The van der Waals surface area contributed by atoms with Crippen molar-refractivity contribution in [2.75, 3.05) is 7.05 Å². The molecule has 4 heteroatoms. The van der Waals surface area contributed by atoms with Crippen LogP contribution in [0.4, 0.5) is 0 Å². The molecule has 0 bridgehead atoms. The summed E-state index contributed by atoms with van der Waals surface area (Å²) in [5, 5.41) is 7.75. The first kappa shape index (κ1) is 15.7. The number of rotatable bonds is 6. The van der Waals surface area contributed by atoms with Crippen LogP contribution in [-0.2, 0) is 13.0 Å². The summed E-state index contributed by atoms with van der Waals surface area (Å²) in [7, 11) is 2.00. The lowest BCUT2D eigenvalue weighted by Crippen LogP contribution is -2.22. The molecule has 2 aromatic rings. The van der Waals surface area contributed by atoms with Gasteiger partial charge in [-0.05, 0) is 43.5 Å². The maximum absolute atomic E-state index is 4.43. The van der Waals surface area contributed by atoms with E-state index in [1.165, 1.54) is 16.7 Å². The highest BCUT2D eigenvalue weighted by Crippen LogP contribution is 2.20. The van der Waals surface area contributed by atoms with Crippen LogP contribution >= 0.6 is 0 Å². The zero-order valence-corrected chi connectivity index (χ0v) is 13.7. The van der Waals surface area contributed by atoms with Crippen LogP contribution in [0.3, 0.4) is 0 Å². The zero-order chi connectivity index (χ0) is 15.4. The Labute approximate surface area is 127 Å². The average molecular weight is 286 g/mol. The Hall–Kier alpha value is -1.68. The van der Waals surface area contributed by atoms with E-state index >= 15 is 0 Å². The molecule has 1 unspecified atom stereocenters. The third-order valence-corrected chi connectivity index (χ3v) is 3.90. The van der Waals surface area contributed by atoms with Crippen LogP contribution in [0.15, 0.2) is 24.5 Å². The molecule has 114 valence electrons. The lowest BCUT2D eigenvalue weighted by molar-refractivity contribution is 0.451. The lowest BCUT2D eigenvalue weighted by Gasteiger charge is -2.18. The van der Waals surface area contributed by atoms with E-state index < -0.39 is 0 Å². The fraction of sp³-hybridized carbons (Fsp3) is 0.529. The zero-order valence-electron chi connectivity index (χ0n) is 13.7. The predicted octanol–water partition coefficient (Wildman–Crippen LogP) is 3.05. The number of hydrogen-bond acceptors (Lipinski definition) is 3. The van der Waals surface area contributed by atoms with Crippen molar-refractivity contribution in [3.05, 3.63) is 47.0 Å². The quantitative estimate of drug-likeness (QED) is 0.887. The first-order chi connectivity index (χ1) is 10.0. The Bertz CT molecular complexity index is 586. The van der Waals surface area contributed by atoms with Gasteiger partial charge in [-0.25, -0.2) is 9.67 Å². The average Bonchev–Trinajstić information content (AvgIpc) is 2.85. The molecule has 0 saturated heterocycles. The summed E-state index contributed by atoms with van der Waals surface area (Å²) < 4.78 is 2.02. The molecule has 0 fully saturated rings. The Kier molecular flexibility index (Phi) is 5.12. The third kappa shape index (κ3) is 3.91. The Balaban J connectivity index is 2.19. The second kappa shape index (κ2) is 6.85. The van der Waals surface area contributed by atoms with E-state index in [2.05, 4.69) is 61.3 Å². The van der Waals surface area contributed by atoms with Crippen LogP contribution in [-0.4, -0.2) is 21.8 Å². The molecule has 0 saturated carbocycles. The normalized spacial score (nSPS) is 12.9. The number of aromatic nitrogens is 3. The summed E-state index contributed by atoms with van der Waals surface area (Å²) in [6, 6.07) is 6.92. The Morgan fingerprint density at radius 1 is 1.19 bits per heavy atom. The van der Waals surface area contributed by atoms with Crippen molar-refractivity contribution in [2.24, 2.45) is 5.92 Å². The van der Waals surface area contributed by atoms with E-state index in [1.807, 2.05) is 11.7 Å². The summed E-state index contributed by atoms with van der Waals surface area (Å²) in [6.07, 6.45) is 2.51. The van der Waals surface area contributed by atoms with Gasteiger partial charge in [0.2, 0.25) is 0 Å². The number of aryl methyl sites for hydroxylation is 2. The molecule has 0 amide bonds. The molecular weight excluding hydrogens is 260 g/mol. The summed E-state index contributed by atoms with van der Waals surface area (Å²) in [5.41, 5.74) is 3.97. The van der Waals surface area contributed by atoms with Crippen LogP contribution in [0.1, 0.15) is 42.4 Å². The Morgan fingerprint density at radius 3 is 2.57 bits per heavy atom. The number of likely N-dealkylation sites (N-methyl/N-ethyl adjacent to an activating group) is 1. The van der Waals surface area contributed by atoms with Gasteiger partial charge in [0.1, 0.15) is 12.2 Å². The maximum atomic E-state index is 4.43. The first-order valence-electron chi connectivity index (χ1n) is 7.62. The van der Waals surface area contributed by atoms with E-state index in [4.69, 9.17) is 0 Å². The molecule has 1 aromatic heterocycles. The molecule has 0 spiro atoms. The highest BCUT2D eigenvalue weighted by atomic mass is 15.3. The van der Waals surface area contributed by atoms with Gasteiger partial charge in [-0.1, -0.05) is 32.0 Å². The topological polar surface area (TPSA) is 42.7 Å². The SMILES string of the molecule is CNC(Cc1ncnn1CC(C)C)c1ccc(C)c(C)c1. The van der Waals surface area contributed by atoms with Crippen LogP contribution in [0.2, 0.25) is 0 Å². The summed E-state index contributed by atoms with van der Waals surface area (Å²) >= 11 is 0. The van der Waals surface area contributed by atoms with Crippen molar-refractivity contribution in [1.82, 2.24) is 20.1 Å². The molecule has 1 N–H and O–H groups in total. The number of benzene rings is 1. The molecule has 2 rings (SSSR count). The third-order valence-electron chi connectivity index (χ3n) is 3.90. The predicted molar refractivity (Wildman–Crippen MR) is 86.3 cm³/mol. The molecular formula is C17H26N4. The van der Waals surface area contributed by atoms with Crippen molar-refractivity contribution in [2.45, 2.75) is 46.7 Å². The van der Waals surface area contributed by atoms with Gasteiger partial charge in [-0.2, -0.15) is 5.10 Å². The van der Waals surface area contributed by atoms with Gasteiger partial charge in [0.05, 0.1) is 0 Å². The minimum absolute atomic E-state index is 0.263. The second-order valence-electron chi connectivity index (χ2n) is 6.14. The fourth-order valence-corrected chi connectivity index (χ4v) is 2.50. The van der Waals surface area contributed by atoms with E-state index in [9.17, 15) is 0 Å². The minimum Gasteiger partial charge on any atom is -0.313 e. The molecule has 4 nitrogen and oxygen atoms in total. The fourth-order valence-electron chi connectivity index (χ4n) is 2.50. The molecule has 1 atom stereocenters. The molecule has 1 heterocycles. The van der Waals surface area contributed by atoms with Gasteiger partial charge in [-0.3, -0.25) is 0 Å². The molecule has 0 aliphatic carbocycles. The second-order valence-corrected chi connectivity index (χ2v) is 6.14. The molecule has 21 heavy (non-hydrogen) atoms. The van der Waals surface area contributed by atoms with Gasteiger partial charge < -0.3 is 5.32 Å². The highest BCUT2D eigenvalue weighted by molar-refractivity contribution is 5.32. The molecule has 0 aliphatic rings. The van der Waals surface area contributed by atoms with Gasteiger partial charge >= 0.3 is 0 Å². The van der Waals surface area contributed by atoms with Crippen molar-refractivity contribution in [3.8, 4) is 0 Å². The first-order valence-corrected chi connectivity index (χ1v) is 7.62. The largest absolute Gasteiger partial charge is 0.313 e. The number of nitrogens with one attached hydrogen (secondary N) is 1. The van der Waals surface area contributed by atoms with Gasteiger partial charge in [0.25, 0.3) is 0 Å². The van der Waals surface area contributed by atoms with Crippen LogP contribution < -0.4 is 5.32 Å². The molecule has 1 aromatic carbocycles. The van der Waals surface area contributed by atoms with E-state index in [-0.39, 0.29) is 6.04 Å². The van der Waals surface area contributed by atoms with Crippen LogP contribution in [0, 0.1) is 19.8 Å². The number of nitrogens with zero attached hydrogens (tertiary/aromatic N) is 3. The van der Waals surface area contributed by atoms with E-state index in [1.54, 1.807) is 6.33 Å². The number of hydrogen-bond donors (Lipinski definition) is 1.